The van der Waals surface area contributed by atoms with E-state index in [1.807, 2.05) is 85.7 Å². The highest BCUT2D eigenvalue weighted by atomic mass is 16.5. The zero-order chi connectivity index (χ0) is 41.4. The largest absolute Gasteiger partial charge is 0.505 e. The summed E-state index contributed by atoms with van der Waals surface area (Å²) in [6.07, 6.45) is 10.8. The highest BCUT2D eigenvalue weighted by Gasteiger charge is 2.50. The molecule has 2 radical (unpaired) electrons. The normalized spacial score (nSPS) is 18.6. The molecule has 0 amide bonds. The van der Waals surface area contributed by atoms with Gasteiger partial charge in [0.05, 0.1) is 5.56 Å². The number of terminal acetylenes is 1. The molecule has 57 heavy (non-hydrogen) atoms. The number of benzene rings is 4. The van der Waals surface area contributed by atoms with E-state index in [0.717, 1.165) is 29.5 Å². The number of hydrogen-bond acceptors (Lipinski definition) is 7. The molecule has 0 saturated heterocycles. The van der Waals surface area contributed by atoms with Crippen molar-refractivity contribution < 1.29 is 30.3 Å². The highest BCUT2D eigenvalue weighted by Crippen LogP contribution is 2.61. The van der Waals surface area contributed by atoms with E-state index in [0.29, 0.717) is 11.4 Å². The van der Waals surface area contributed by atoms with E-state index in [-0.39, 0.29) is 51.2 Å². The summed E-state index contributed by atoms with van der Waals surface area (Å²) < 4.78 is 5.79. The quantitative estimate of drug-likeness (QED) is 0.0400. The van der Waals surface area contributed by atoms with E-state index in [2.05, 4.69) is 71.6 Å². The van der Waals surface area contributed by atoms with Crippen LogP contribution >= 0.6 is 0 Å². The molecule has 288 valence electrons. The molecule has 1 unspecified atom stereocenters. The molecule has 5 N–H and O–H groups in total. The van der Waals surface area contributed by atoms with Gasteiger partial charge in [0.1, 0.15) is 19.3 Å². The van der Waals surface area contributed by atoms with Gasteiger partial charge in [-0.15, -0.1) is 12.3 Å². The number of aliphatic hydroxyl groups excluding tert-OH is 2. The molecule has 0 bridgehead atoms. The molecule has 1 aliphatic heterocycles. The van der Waals surface area contributed by atoms with Crippen LogP contribution in [0.2, 0.25) is 0 Å². The summed E-state index contributed by atoms with van der Waals surface area (Å²) in [5, 5.41) is 55.9. The van der Waals surface area contributed by atoms with Crippen LogP contribution in [0.15, 0.2) is 125 Å². The van der Waals surface area contributed by atoms with Crippen LogP contribution in [-0.4, -0.2) is 33.4 Å². The molecule has 1 atom stereocenters. The standard InChI is InChI=1S/C49H48BNO6/c1-9-11-13-21-37-30(3)48(7,8)29-49(37,28-47(4,5)6)33-19-16-20-35(26-33)51(34-24-22-32(23-25-34)31-17-14-12-15-18-31)41-42(53)36-27-39(40(50)43(54)38(52)10-2)57-46(36)45(56)44(41)55/h2,12-26,52-56H,27-29H2,1,3-8H3/b21-13-,40-39-,43-38-. The number of phenols is 3. The van der Waals surface area contributed by atoms with Crippen molar-refractivity contribution in [3.05, 3.63) is 136 Å². The van der Waals surface area contributed by atoms with Crippen molar-refractivity contribution in [2.45, 2.75) is 73.1 Å². The lowest BCUT2D eigenvalue weighted by molar-refractivity contribution is 0.246. The Morgan fingerprint density at radius 1 is 0.912 bits per heavy atom. The van der Waals surface area contributed by atoms with E-state index in [1.54, 1.807) is 4.90 Å². The molecule has 0 saturated carbocycles. The van der Waals surface area contributed by atoms with Gasteiger partial charge < -0.3 is 35.2 Å². The summed E-state index contributed by atoms with van der Waals surface area (Å²) in [6, 6.07) is 25.8. The number of aliphatic hydroxyl groups is 2. The summed E-state index contributed by atoms with van der Waals surface area (Å²) in [7, 11) is 6.11. The number of nitrogens with zero attached hydrogens (tertiary/aromatic N) is 1. The molecule has 0 aromatic heterocycles. The van der Waals surface area contributed by atoms with E-state index < -0.39 is 28.4 Å². The predicted molar refractivity (Wildman–Crippen MR) is 229 cm³/mol. The fourth-order valence-electron chi connectivity index (χ4n) is 8.41. The molecule has 7 nitrogen and oxygen atoms in total. The first kappa shape index (κ1) is 40.3. The third kappa shape index (κ3) is 7.49. The number of allylic oxidation sites excluding steroid dienone is 7. The maximum absolute atomic E-state index is 12.1. The second-order valence-corrected chi connectivity index (χ2v) is 16.6. The minimum atomic E-state index is -0.807. The minimum Gasteiger partial charge on any atom is -0.505 e. The topological polar surface area (TPSA) is 114 Å². The summed E-state index contributed by atoms with van der Waals surface area (Å²) in [4.78, 5) is 1.72. The molecule has 8 heteroatoms. The number of phenolic OH excluding ortho intramolecular Hbond substituents is 3. The molecule has 4 aromatic rings. The maximum atomic E-state index is 12.1. The Balaban J connectivity index is 1.60. The Morgan fingerprint density at radius 2 is 1.58 bits per heavy atom. The Labute approximate surface area is 337 Å². The Hall–Kier alpha value is -6.38. The van der Waals surface area contributed by atoms with Crippen molar-refractivity contribution in [1.82, 2.24) is 0 Å². The zero-order valence-corrected chi connectivity index (χ0v) is 33.5. The van der Waals surface area contributed by atoms with Crippen molar-refractivity contribution in [3.8, 4) is 58.3 Å². The molecule has 0 spiro atoms. The maximum Gasteiger partial charge on any atom is 0.209 e. The van der Waals surface area contributed by atoms with Gasteiger partial charge >= 0.3 is 0 Å². The van der Waals surface area contributed by atoms with Crippen molar-refractivity contribution >= 4 is 24.9 Å². The van der Waals surface area contributed by atoms with Crippen molar-refractivity contribution in [1.29, 1.82) is 0 Å². The SMILES string of the molecule is [B]C(/C(O)=C(/O)C#C)=C1/Cc2c(O)c(N(c3ccc(-c4ccccc4)cc3)c3cccc(C4(CC(C)(C)C)CC(C)(C)C(C)=C4/C=C\C#CC)c3)c(O)c(O)c2O1. The molecule has 0 fully saturated rings. The van der Waals surface area contributed by atoms with Gasteiger partial charge in [0.15, 0.2) is 23.0 Å². The lowest BCUT2D eigenvalue weighted by Crippen LogP contribution is -2.33. The number of fused-ring (bicyclic) bond motifs is 1. The van der Waals surface area contributed by atoms with Crippen LogP contribution in [0.1, 0.15) is 72.4 Å². The lowest BCUT2D eigenvalue weighted by atomic mass is 9.64. The summed E-state index contributed by atoms with van der Waals surface area (Å²) in [5.74, 6) is 4.43. The second kappa shape index (κ2) is 15.3. The first-order valence-corrected chi connectivity index (χ1v) is 18.9. The fraction of sp³-hybridized carbons (Fsp3) is 0.265. The van der Waals surface area contributed by atoms with Gasteiger partial charge in [0.2, 0.25) is 11.5 Å². The van der Waals surface area contributed by atoms with Crippen LogP contribution in [0.3, 0.4) is 0 Å². The van der Waals surface area contributed by atoms with Crippen LogP contribution in [0.25, 0.3) is 11.1 Å². The second-order valence-electron chi connectivity index (χ2n) is 16.6. The van der Waals surface area contributed by atoms with Crippen LogP contribution in [-0.2, 0) is 11.8 Å². The van der Waals surface area contributed by atoms with Gasteiger partial charge in [0, 0.05) is 23.2 Å². The first-order chi connectivity index (χ1) is 26.9. The van der Waals surface area contributed by atoms with Gasteiger partial charge in [-0.1, -0.05) is 101 Å². The Bertz CT molecular complexity index is 2470. The predicted octanol–water partition coefficient (Wildman–Crippen LogP) is 11.2. The third-order valence-electron chi connectivity index (χ3n) is 11.0. The van der Waals surface area contributed by atoms with E-state index in [9.17, 15) is 25.5 Å². The average Bonchev–Trinajstić information content (AvgIpc) is 3.72. The monoisotopic (exact) mass is 757 g/mol. The van der Waals surface area contributed by atoms with E-state index in [4.69, 9.17) is 19.0 Å². The molecule has 4 aromatic carbocycles. The smallest absolute Gasteiger partial charge is 0.209 e. The number of hydrogen-bond donors (Lipinski definition) is 5. The third-order valence-corrected chi connectivity index (χ3v) is 11.0. The molecular formula is C49H48BNO6. The molecule has 2 aliphatic rings. The average molecular weight is 758 g/mol. The number of rotatable bonds is 8. The van der Waals surface area contributed by atoms with Crippen molar-refractivity contribution in [2.75, 3.05) is 4.90 Å². The van der Waals surface area contributed by atoms with Gasteiger partial charge in [-0.05, 0) is 108 Å². The highest BCUT2D eigenvalue weighted by molar-refractivity contribution is 6.24. The van der Waals surface area contributed by atoms with Gasteiger partial charge in [-0.3, -0.25) is 0 Å². The van der Waals surface area contributed by atoms with Crippen LogP contribution in [0.5, 0.6) is 23.0 Å². The van der Waals surface area contributed by atoms with Crippen molar-refractivity contribution in [3.63, 3.8) is 0 Å². The van der Waals surface area contributed by atoms with E-state index >= 15 is 0 Å². The van der Waals surface area contributed by atoms with Crippen LogP contribution in [0.4, 0.5) is 17.1 Å². The number of ether oxygens (including phenoxy) is 1. The molecule has 1 heterocycles. The van der Waals surface area contributed by atoms with Gasteiger partial charge in [0.25, 0.3) is 0 Å². The van der Waals surface area contributed by atoms with Crippen LogP contribution in [0, 0.1) is 35.0 Å². The lowest BCUT2D eigenvalue weighted by Gasteiger charge is -2.40. The van der Waals surface area contributed by atoms with E-state index in [1.165, 1.54) is 11.1 Å². The molecule has 6 rings (SSSR count). The van der Waals surface area contributed by atoms with Crippen molar-refractivity contribution in [2.24, 2.45) is 10.8 Å². The van der Waals surface area contributed by atoms with Crippen LogP contribution < -0.4 is 9.64 Å². The summed E-state index contributed by atoms with van der Waals surface area (Å²) >= 11 is 0. The summed E-state index contributed by atoms with van der Waals surface area (Å²) in [6.45, 7) is 15.3. The zero-order valence-electron chi connectivity index (χ0n) is 33.5. The Kier molecular flexibility index (Phi) is 10.8. The number of aromatic hydroxyl groups is 3. The first-order valence-electron chi connectivity index (χ1n) is 18.9. The van der Waals surface area contributed by atoms with Gasteiger partial charge in [-0.25, -0.2) is 0 Å². The summed E-state index contributed by atoms with van der Waals surface area (Å²) in [5.41, 5.74) is 5.75. The van der Waals surface area contributed by atoms with Gasteiger partial charge in [-0.2, -0.15) is 0 Å². The molecular weight excluding hydrogens is 709 g/mol. The fourth-order valence-corrected chi connectivity index (χ4v) is 8.41. The minimum absolute atomic E-state index is 0.0742. The Morgan fingerprint density at radius 3 is 2.21 bits per heavy atom. The number of anilines is 3. The molecule has 1 aliphatic carbocycles.